The first-order chi connectivity index (χ1) is 12.6. The average Bonchev–Trinajstić information content (AvgIpc) is 2.68. The van der Waals surface area contributed by atoms with Crippen molar-refractivity contribution in [1.29, 1.82) is 0 Å². The van der Waals surface area contributed by atoms with Gasteiger partial charge in [-0.25, -0.2) is 0 Å². The summed E-state index contributed by atoms with van der Waals surface area (Å²) in [5, 5.41) is 0. The summed E-state index contributed by atoms with van der Waals surface area (Å²) in [7, 11) is 4.12. The maximum atomic E-state index is 12.9. The SMILES string of the molecule is CN(C)Cc1cccc(C(=O)N2CCN([C@@H]3CN4CCC3CC4)CC2)c1. The van der Waals surface area contributed by atoms with E-state index in [1.807, 2.05) is 17.0 Å². The van der Waals surface area contributed by atoms with E-state index in [1.54, 1.807) is 0 Å². The Balaban J connectivity index is 1.35. The number of carbonyl (C=O) groups excluding carboxylic acids is 1. The Morgan fingerprint density at radius 1 is 1.08 bits per heavy atom. The summed E-state index contributed by atoms with van der Waals surface area (Å²) in [4.78, 5) is 22.4. The molecule has 4 aliphatic rings. The molecule has 142 valence electrons. The highest BCUT2D eigenvalue weighted by Gasteiger charge is 2.38. The number of piperidine rings is 3. The second-order valence-electron chi connectivity index (χ2n) is 8.47. The van der Waals surface area contributed by atoms with E-state index in [0.717, 1.165) is 50.2 Å². The monoisotopic (exact) mass is 356 g/mol. The van der Waals surface area contributed by atoms with Gasteiger partial charge in [0.1, 0.15) is 0 Å². The van der Waals surface area contributed by atoms with Crippen molar-refractivity contribution < 1.29 is 4.79 Å². The van der Waals surface area contributed by atoms with Gasteiger partial charge < -0.3 is 14.7 Å². The molecule has 1 aromatic carbocycles. The maximum Gasteiger partial charge on any atom is 0.253 e. The van der Waals surface area contributed by atoms with Crippen molar-refractivity contribution in [3.05, 3.63) is 35.4 Å². The van der Waals surface area contributed by atoms with Crippen molar-refractivity contribution in [3.8, 4) is 0 Å². The van der Waals surface area contributed by atoms with Crippen LogP contribution in [0.4, 0.5) is 0 Å². The Hall–Kier alpha value is -1.43. The molecule has 0 N–H and O–H groups in total. The highest BCUT2D eigenvalue weighted by Crippen LogP contribution is 2.31. The van der Waals surface area contributed by atoms with Gasteiger partial charge in [-0.05, 0) is 63.6 Å². The second kappa shape index (κ2) is 7.67. The molecular formula is C21H32N4O. The first kappa shape index (κ1) is 18.0. The van der Waals surface area contributed by atoms with Crippen LogP contribution < -0.4 is 0 Å². The van der Waals surface area contributed by atoms with Crippen LogP contribution in [0.5, 0.6) is 0 Å². The number of carbonyl (C=O) groups is 1. The molecule has 0 saturated carbocycles. The Labute approximate surface area is 157 Å². The topological polar surface area (TPSA) is 30.0 Å². The number of rotatable bonds is 4. The predicted octanol–water partition coefficient (Wildman–Crippen LogP) is 1.60. The highest BCUT2D eigenvalue weighted by atomic mass is 16.2. The second-order valence-corrected chi connectivity index (χ2v) is 8.47. The van der Waals surface area contributed by atoms with Crippen LogP contribution in [0.2, 0.25) is 0 Å². The number of nitrogens with zero attached hydrogens (tertiary/aromatic N) is 4. The largest absolute Gasteiger partial charge is 0.336 e. The molecule has 1 amide bonds. The van der Waals surface area contributed by atoms with Gasteiger partial charge in [-0.1, -0.05) is 12.1 Å². The molecular weight excluding hydrogens is 324 g/mol. The van der Waals surface area contributed by atoms with Gasteiger partial charge in [-0.15, -0.1) is 0 Å². The summed E-state index contributed by atoms with van der Waals surface area (Å²) >= 11 is 0. The van der Waals surface area contributed by atoms with Crippen molar-refractivity contribution in [2.45, 2.75) is 25.4 Å². The van der Waals surface area contributed by atoms with Crippen molar-refractivity contribution >= 4 is 5.91 Å². The smallest absolute Gasteiger partial charge is 0.253 e. The minimum Gasteiger partial charge on any atom is -0.336 e. The number of hydrogen-bond donors (Lipinski definition) is 0. The third kappa shape index (κ3) is 3.80. The molecule has 5 heteroatoms. The molecule has 5 rings (SSSR count). The van der Waals surface area contributed by atoms with E-state index in [-0.39, 0.29) is 5.91 Å². The average molecular weight is 357 g/mol. The molecule has 0 aliphatic carbocycles. The number of amides is 1. The number of piperazine rings is 1. The zero-order valence-corrected chi connectivity index (χ0v) is 16.2. The molecule has 1 atom stereocenters. The minimum absolute atomic E-state index is 0.194. The standard InChI is InChI=1S/C21H32N4O/c1-22(2)15-17-4-3-5-19(14-17)21(26)25-12-10-24(11-13-25)20-16-23-8-6-18(20)7-9-23/h3-5,14,18,20H,6-13,15-16H2,1-2H3/t20-/m1/s1. The molecule has 1 aromatic rings. The molecule has 0 aromatic heterocycles. The quantitative estimate of drug-likeness (QED) is 0.820. The Morgan fingerprint density at radius 2 is 1.81 bits per heavy atom. The fraction of sp³-hybridized carbons (Fsp3) is 0.667. The van der Waals surface area contributed by atoms with Crippen LogP contribution in [0, 0.1) is 5.92 Å². The lowest BCUT2D eigenvalue weighted by atomic mass is 9.83. The summed E-state index contributed by atoms with van der Waals surface area (Å²) < 4.78 is 0. The van der Waals surface area contributed by atoms with Crippen molar-refractivity contribution in [3.63, 3.8) is 0 Å². The van der Waals surface area contributed by atoms with Crippen LogP contribution in [0.1, 0.15) is 28.8 Å². The third-order valence-corrected chi connectivity index (χ3v) is 6.36. The van der Waals surface area contributed by atoms with Crippen molar-refractivity contribution in [2.75, 3.05) is 59.9 Å². The van der Waals surface area contributed by atoms with E-state index in [4.69, 9.17) is 0 Å². The number of benzene rings is 1. The molecule has 4 aliphatic heterocycles. The number of hydrogen-bond acceptors (Lipinski definition) is 4. The Bertz CT molecular complexity index is 631. The Kier molecular flexibility index (Phi) is 5.30. The van der Waals surface area contributed by atoms with E-state index in [1.165, 1.54) is 38.0 Å². The van der Waals surface area contributed by atoms with Crippen LogP contribution >= 0.6 is 0 Å². The molecule has 26 heavy (non-hydrogen) atoms. The van der Waals surface area contributed by atoms with Crippen molar-refractivity contribution in [2.24, 2.45) is 5.92 Å². The molecule has 0 unspecified atom stereocenters. The number of fused-ring (bicyclic) bond motifs is 3. The minimum atomic E-state index is 0.194. The molecule has 0 spiro atoms. The Morgan fingerprint density at radius 3 is 2.42 bits per heavy atom. The van der Waals surface area contributed by atoms with E-state index in [0.29, 0.717) is 0 Å². The van der Waals surface area contributed by atoms with Crippen LogP contribution in [-0.4, -0.2) is 91.5 Å². The fourth-order valence-corrected chi connectivity index (χ4v) is 4.95. The van der Waals surface area contributed by atoms with Gasteiger partial charge in [-0.3, -0.25) is 9.69 Å². The van der Waals surface area contributed by atoms with Gasteiger partial charge in [0, 0.05) is 50.9 Å². The zero-order valence-electron chi connectivity index (χ0n) is 16.2. The van der Waals surface area contributed by atoms with Gasteiger partial charge in [0.2, 0.25) is 0 Å². The summed E-state index contributed by atoms with van der Waals surface area (Å²) in [6.45, 7) is 8.47. The van der Waals surface area contributed by atoms with E-state index in [2.05, 4.69) is 40.9 Å². The van der Waals surface area contributed by atoms with E-state index in [9.17, 15) is 4.79 Å². The molecule has 5 nitrogen and oxygen atoms in total. The lowest BCUT2D eigenvalue weighted by Crippen LogP contribution is -2.61. The van der Waals surface area contributed by atoms with Crippen LogP contribution in [-0.2, 0) is 6.54 Å². The van der Waals surface area contributed by atoms with Crippen molar-refractivity contribution in [1.82, 2.24) is 19.6 Å². The first-order valence-electron chi connectivity index (χ1n) is 10.1. The van der Waals surface area contributed by atoms with E-state index < -0.39 is 0 Å². The van der Waals surface area contributed by atoms with Gasteiger partial charge in [0.05, 0.1) is 0 Å². The lowest BCUT2D eigenvalue weighted by molar-refractivity contribution is -0.0131. The predicted molar refractivity (Wildman–Crippen MR) is 104 cm³/mol. The van der Waals surface area contributed by atoms with Gasteiger partial charge in [-0.2, -0.15) is 0 Å². The van der Waals surface area contributed by atoms with Gasteiger partial charge in [0.25, 0.3) is 5.91 Å². The van der Waals surface area contributed by atoms with Gasteiger partial charge >= 0.3 is 0 Å². The van der Waals surface area contributed by atoms with Crippen LogP contribution in [0.15, 0.2) is 24.3 Å². The molecule has 2 bridgehead atoms. The van der Waals surface area contributed by atoms with Crippen LogP contribution in [0.3, 0.4) is 0 Å². The fourth-order valence-electron chi connectivity index (χ4n) is 4.95. The molecule has 4 heterocycles. The summed E-state index contributed by atoms with van der Waals surface area (Å²) in [6.07, 6.45) is 2.73. The normalized spacial score (nSPS) is 29.3. The summed E-state index contributed by atoms with van der Waals surface area (Å²) in [6, 6.07) is 8.85. The lowest BCUT2D eigenvalue weighted by Gasteiger charge is -2.51. The third-order valence-electron chi connectivity index (χ3n) is 6.36. The maximum absolute atomic E-state index is 12.9. The van der Waals surface area contributed by atoms with Crippen LogP contribution in [0.25, 0.3) is 0 Å². The molecule has 0 radical (unpaired) electrons. The first-order valence-corrected chi connectivity index (χ1v) is 10.1. The zero-order chi connectivity index (χ0) is 18.1. The van der Waals surface area contributed by atoms with E-state index >= 15 is 0 Å². The molecule has 4 saturated heterocycles. The summed E-state index contributed by atoms with van der Waals surface area (Å²) in [5.41, 5.74) is 2.03. The highest BCUT2D eigenvalue weighted by molar-refractivity contribution is 5.94. The summed E-state index contributed by atoms with van der Waals surface area (Å²) in [5.74, 6) is 1.07. The molecule has 4 fully saturated rings. The van der Waals surface area contributed by atoms with Gasteiger partial charge in [0.15, 0.2) is 0 Å².